The maximum absolute atomic E-state index is 14.0. The van der Waals surface area contributed by atoms with Gasteiger partial charge < -0.3 is 19.5 Å². The number of hydrogen-bond donors (Lipinski definition) is 1. The molecule has 1 atom stereocenters. The van der Waals surface area contributed by atoms with Crippen LogP contribution in [-0.4, -0.2) is 40.0 Å². The van der Waals surface area contributed by atoms with Gasteiger partial charge in [-0.1, -0.05) is 49.4 Å². The number of rotatable bonds is 6. The first-order valence-electron chi connectivity index (χ1n) is 12.9. The van der Waals surface area contributed by atoms with Crippen LogP contribution in [0.1, 0.15) is 55.6 Å². The highest BCUT2D eigenvalue weighted by Crippen LogP contribution is 2.35. The van der Waals surface area contributed by atoms with Gasteiger partial charge in [-0.25, -0.2) is 0 Å². The van der Waals surface area contributed by atoms with Gasteiger partial charge in [0, 0.05) is 18.3 Å². The van der Waals surface area contributed by atoms with Gasteiger partial charge in [-0.15, -0.1) is 0 Å². The first-order chi connectivity index (χ1) is 17.4. The van der Waals surface area contributed by atoms with E-state index >= 15 is 0 Å². The van der Waals surface area contributed by atoms with Gasteiger partial charge in [0.05, 0.1) is 13.7 Å². The molecule has 36 heavy (non-hydrogen) atoms. The number of methoxy groups -OCH3 is 1. The van der Waals surface area contributed by atoms with Crippen molar-refractivity contribution in [2.75, 3.05) is 7.11 Å². The van der Waals surface area contributed by atoms with Crippen LogP contribution in [0, 0.1) is 5.92 Å². The van der Waals surface area contributed by atoms with Crippen LogP contribution in [0.3, 0.4) is 0 Å². The van der Waals surface area contributed by atoms with E-state index in [2.05, 4.69) is 12.2 Å². The van der Waals surface area contributed by atoms with Crippen molar-refractivity contribution in [1.29, 1.82) is 0 Å². The van der Waals surface area contributed by atoms with Crippen molar-refractivity contribution < 1.29 is 14.3 Å². The molecule has 188 valence electrons. The van der Waals surface area contributed by atoms with Crippen LogP contribution in [0.25, 0.3) is 11.3 Å². The van der Waals surface area contributed by atoms with Gasteiger partial charge in [0.1, 0.15) is 17.0 Å². The van der Waals surface area contributed by atoms with Crippen molar-refractivity contribution in [2.24, 2.45) is 5.92 Å². The Hall–Kier alpha value is -3.54. The van der Waals surface area contributed by atoms with Gasteiger partial charge in [-0.2, -0.15) is 0 Å². The molecule has 6 heteroatoms. The molecule has 2 aliphatic rings. The van der Waals surface area contributed by atoms with Crippen molar-refractivity contribution in [3.63, 3.8) is 0 Å². The zero-order valence-electron chi connectivity index (χ0n) is 21.4. The number of amides is 2. The highest BCUT2D eigenvalue weighted by molar-refractivity contribution is 6.00. The highest BCUT2D eigenvalue weighted by atomic mass is 16.5. The second-order valence-electron chi connectivity index (χ2n) is 10.5. The molecule has 1 aromatic heterocycles. The maximum Gasteiger partial charge on any atom is 0.271 e. The maximum atomic E-state index is 14.0. The van der Waals surface area contributed by atoms with Gasteiger partial charge in [-0.05, 0) is 73.9 Å². The van der Waals surface area contributed by atoms with E-state index in [1.54, 1.807) is 12.0 Å². The number of aromatic nitrogens is 1. The highest BCUT2D eigenvalue weighted by Gasteiger charge is 2.48. The van der Waals surface area contributed by atoms with Crippen LogP contribution < -0.4 is 10.1 Å². The number of carbonyl (C=O) groups is 2. The normalized spacial score (nSPS) is 23.8. The van der Waals surface area contributed by atoms with E-state index in [1.165, 1.54) is 0 Å². The number of hydrogen-bond acceptors (Lipinski definition) is 3. The Balaban J connectivity index is 1.52. The topological polar surface area (TPSA) is 63.6 Å². The lowest BCUT2D eigenvalue weighted by atomic mass is 9.86. The number of nitrogens with zero attached hydrogens (tertiary/aromatic N) is 2. The van der Waals surface area contributed by atoms with Gasteiger partial charge in [0.25, 0.3) is 5.91 Å². The Morgan fingerprint density at radius 1 is 1.00 bits per heavy atom. The van der Waals surface area contributed by atoms with Gasteiger partial charge in [0.2, 0.25) is 5.91 Å². The second kappa shape index (κ2) is 9.84. The van der Waals surface area contributed by atoms with Crippen LogP contribution in [0.15, 0.2) is 66.7 Å². The molecule has 0 radical (unpaired) electrons. The third-order valence-corrected chi connectivity index (χ3v) is 7.89. The molecule has 1 N–H and O–H groups in total. The van der Waals surface area contributed by atoms with Crippen LogP contribution in [0.5, 0.6) is 5.75 Å². The zero-order valence-corrected chi connectivity index (χ0v) is 21.4. The quantitative estimate of drug-likeness (QED) is 0.517. The number of fused-ring (bicyclic) bond motifs is 1. The Bertz CT molecular complexity index is 1240. The minimum Gasteiger partial charge on any atom is -0.497 e. The molecular weight excluding hydrogens is 450 g/mol. The van der Waals surface area contributed by atoms with Crippen molar-refractivity contribution >= 4 is 11.8 Å². The first-order valence-corrected chi connectivity index (χ1v) is 12.9. The van der Waals surface area contributed by atoms with Gasteiger partial charge in [0.15, 0.2) is 0 Å². The Labute approximate surface area is 213 Å². The summed E-state index contributed by atoms with van der Waals surface area (Å²) in [7, 11) is 1.63. The third kappa shape index (κ3) is 4.52. The standard InChI is InChI=1S/C30H35N3O3/c1-21-12-14-24(15-13-21)31-29(35)30(2)20-32-26(23-9-5-4-6-10-23)16-17-27(32)28(34)33(30)19-22-8-7-11-25(18-22)36-3/h4-11,16-18,21,24H,12-15,19-20H2,1-3H3,(H,31,35). The summed E-state index contributed by atoms with van der Waals surface area (Å²) in [6, 6.07) is 21.8. The monoisotopic (exact) mass is 485 g/mol. The minimum atomic E-state index is -1.04. The molecule has 3 aromatic rings. The average molecular weight is 486 g/mol. The van der Waals surface area contributed by atoms with E-state index in [0.717, 1.165) is 48.3 Å². The molecule has 1 saturated carbocycles. The van der Waals surface area contributed by atoms with Gasteiger partial charge in [-0.3, -0.25) is 9.59 Å². The molecule has 1 unspecified atom stereocenters. The number of benzene rings is 2. The second-order valence-corrected chi connectivity index (χ2v) is 10.5. The molecule has 1 fully saturated rings. The summed E-state index contributed by atoms with van der Waals surface area (Å²) in [5.41, 5.74) is 2.47. The van der Waals surface area contributed by atoms with Crippen molar-refractivity contribution in [1.82, 2.24) is 14.8 Å². The zero-order chi connectivity index (χ0) is 25.3. The summed E-state index contributed by atoms with van der Waals surface area (Å²) in [6.07, 6.45) is 4.20. The third-order valence-electron chi connectivity index (χ3n) is 7.89. The molecule has 2 aromatic carbocycles. The Morgan fingerprint density at radius 3 is 2.44 bits per heavy atom. The lowest BCUT2D eigenvalue weighted by Gasteiger charge is -2.45. The van der Waals surface area contributed by atoms with Crippen LogP contribution >= 0.6 is 0 Å². The summed E-state index contributed by atoms with van der Waals surface area (Å²) in [4.78, 5) is 29.7. The van der Waals surface area contributed by atoms with E-state index < -0.39 is 5.54 Å². The first kappa shape index (κ1) is 24.2. The lowest BCUT2D eigenvalue weighted by molar-refractivity contribution is -0.134. The molecule has 0 spiro atoms. The van der Waals surface area contributed by atoms with E-state index in [9.17, 15) is 9.59 Å². The fourth-order valence-electron chi connectivity index (χ4n) is 5.58. The van der Waals surface area contributed by atoms with Crippen LogP contribution in [0.4, 0.5) is 0 Å². The lowest BCUT2D eigenvalue weighted by Crippen LogP contribution is -2.64. The van der Waals surface area contributed by atoms with Crippen LogP contribution in [-0.2, 0) is 17.9 Å². The Morgan fingerprint density at radius 2 is 1.72 bits per heavy atom. The summed E-state index contributed by atoms with van der Waals surface area (Å²) in [5, 5.41) is 3.32. The molecular formula is C30H35N3O3. The molecule has 6 nitrogen and oxygen atoms in total. The van der Waals surface area contributed by atoms with E-state index in [0.29, 0.717) is 24.7 Å². The summed E-state index contributed by atoms with van der Waals surface area (Å²) in [5.74, 6) is 1.21. The van der Waals surface area contributed by atoms with E-state index in [-0.39, 0.29) is 17.9 Å². The van der Waals surface area contributed by atoms with Crippen molar-refractivity contribution in [3.05, 3.63) is 78.0 Å². The molecule has 0 saturated heterocycles. The Kier molecular flexibility index (Phi) is 6.61. The van der Waals surface area contributed by atoms with Crippen molar-refractivity contribution in [2.45, 2.75) is 64.2 Å². The smallest absolute Gasteiger partial charge is 0.271 e. The molecule has 5 rings (SSSR count). The van der Waals surface area contributed by atoms with Crippen LogP contribution in [0.2, 0.25) is 0 Å². The molecule has 1 aliphatic carbocycles. The van der Waals surface area contributed by atoms with Gasteiger partial charge >= 0.3 is 0 Å². The molecule has 0 bridgehead atoms. The summed E-state index contributed by atoms with van der Waals surface area (Å²) < 4.78 is 7.42. The fourth-order valence-corrected chi connectivity index (χ4v) is 5.58. The number of nitrogens with one attached hydrogen (secondary N) is 1. The predicted molar refractivity (Wildman–Crippen MR) is 141 cm³/mol. The predicted octanol–water partition coefficient (Wildman–Crippen LogP) is 5.27. The van der Waals surface area contributed by atoms with E-state index in [4.69, 9.17) is 4.74 Å². The molecule has 1 aliphatic heterocycles. The fraction of sp³-hybridized carbons (Fsp3) is 0.400. The minimum absolute atomic E-state index is 0.0864. The SMILES string of the molecule is COc1cccc(CN2C(=O)c3ccc(-c4ccccc4)n3CC2(C)C(=O)NC2CCC(C)CC2)c1. The summed E-state index contributed by atoms with van der Waals surface area (Å²) >= 11 is 0. The number of ether oxygens (including phenoxy) is 1. The number of carbonyl (C=O) groups excluding carboxylic acids is 2. The average Bonchev–Trinajstić information content (AvgIpc) is 3.32. The summed E-state index contributed by atoms with van der Waals surface area (Å²) in [6.45, 7) is 4.90. The van der Waals surface area contributed by atoms with Crippen molar-refractivity contribution in [3.8, 4) is 17.0 Å². The molecule has 2 amide bonds. The largest absolute Gasteiger partial charge is 0.497 e. The molecule has 2 heterocycles. The van der Waals surface area contributed by atoms with E-state index in [1.807, 2.05) is 78.2 Å².